The van der Waals surface area contributed by atoms with Crippen LogP contribution in [-0.4, -0.2) is 24.9 Å². The van der Waals surface area contributed by atoms with Crippen LogP contribution in [0.25, 0.3) is 16.7 Å². The van der Waals surface area contributed by atoms with Crippen LogP contribution < -0.4 is 10.6 Å². The Balaban J connectivity index is 1.81. The molecule has 2 aromatic carbocycles. The lowest BCUT2D eigenvalue weighted by atomic mass is 10.0. The predicted molar refractivity (Wildman–Crippen MR) is 114 cm³/mol. The number of benzene rings is 2. The molecule has 2 N–H and O–H groups in total. The predicted octanol–water partition coefficient (Wildman–Crippen LogP) is 4.79. The van der Waals surface area contributed by atoms with Gasteiger partial charge in [-0.15, -0.1) is 0 Å². The Hall–Kier alpha value is -2.88. The Morgan fingerprint density at radius 1 is 0.750 bits per heavy atom. The summed E-state index contributed by atoms with van der Waals surface area (Å²) < 4.78 is 0. The number of rotatable bonds is 8. The Bertz CT molecular complexity index is 841. The summed E-state index contributed by atoms with van der Waals surface area (Å²) in [5.74, 6) is -0.119. The van der Waals surface area contributed by atoms with Crippen LogP contribution in [0.15, 0.2) is 43.0 Å². The van der Waals surface area contributed by atoms with Crippen molar-refractivity contribution in [3.05, 3.63) is 65.2 Å². The Morgan fingerprint density at radius 2 is 1.18 bits per heavy atom. The number of fused-ring (bicyclic) bond motifs is 3. The highest BCUT2D eigenvalue weighted by Crippen LogP contribution is 2.44. The van der Waals surface area contributed by atoms with Crippen LogP contribution >= 0.6 is 0 Å². The molecular formula is C24H28N2O2. The fourth-order valence-electron chi connectivity index (χ4n) is 3.45. The van der Waals surface area contributed by atoms with Crippen molar-refractivity contribution in [2.75, 3.05) is 13.1 Å². The molecular weight excluding hydrogens is 348 g/mol. The molecule has 4 nitrogen and oxygen atoms in total. The monoisotopic (exact) mass is 376 g/mol. The van der Waals surface area contributed by atoms with Crippen LogP contribution in [0.2, 0.25) is 0 Å². The highest BCUT2D eigenvalue weighted by molar-refractivity contribution is 6.05. The van der Waals surface area contributed by atoms with Gasteiger partial charge in [0.2, 0.25) is 0 Å². The van der Waals surface area contributed by atoms with Crippen molar-refractivity contribution in [3.8, 4) is 11.1 Å². The first kappa shape index (κ1) is 19.9. The molecule has 0 aromatic heterocycles. The number of hydrogen-bond acceptors (Lipinski definition) is 2. The zero-order chi connectivity index (χ0) is 20.1. The molecule has 2 aromatic rings. The molecule has 0 spiro atoms. The van der Waals surface area contributed by atoms with Gasteiger partial charge in [0.25, 0.3) is 11.8 Å². The average Bonchev–Trinajstić information content (AvgIpc) is 2.99. The van der Waals surface area contributed by atoms with E-state index in [0.717, 1.165) is 53.5 Å². The fraction of sp³-hybridized carbons (Fsp3) is 0.333. The van der Waals surface area contributed by atoms with Gasteiger partial charge in [0.05, 0.1) is 0 Å². The van der Waals surface area contributed by atoms with Gasteiger partial charge in [0.1, 0.15) is 0 Å². The summed E-state index contributed by atoms with van der Waals surface area (Å²) in [6.45, 7) is 9.79. The first-order valence-electron chi connectivity index (χ1n) is 10.1. The van der Waals surface area contributed by atoms with Crippen molar-refractivity contribution in [2.24, 2.45) is 0 Å². The van der Waals surface area contributed by atoms with E-state index in [2.05, 4.69) is 31.1 Å². The highest BCUT2D eigenvalue weighted by Gasteiger charge is 2.24. The lowest BCUT2D eigenvalue weighted by Crippen LogP contribution is -2.24. The maximum atomic E-state index is 12.4. The number of unbranched alkanes of at least 4 members (excludes halogenated alkanes) is 2. The first-order chi connectivity index (χ1) is 13.6. The first-order valence-corrected chi connectivity index (χ1v) is 10.1. The highest BCUT2D eigenvalue weighted by atomic mass is 16.2. The van der Waals surface area contributed by atoms with Gasteiger partial charge < -0.3 is 10.6 Å². The van der Waals surface area contributed by atoms with Crippen LogP contribution in [0.1, 0.15) is 71.4 Å². The quantitative estimate of drug-likeness (QED) is 0.556. The van der Waals surface area contributed by atoms with Gasteiger partial charge in [-0.2, -0.15) is 0 Å². The van der Waals surface area contributed by atoms with E-state index in [1.165, 1.54) is 0 Å². The van der Waals surface area contributed by atoms with Crippen LogP contribution in [0.4, 0.5) is 0 Å². The SMILES string of the molecule is C=C1c2cc(C(=O)NCCCC)ccc2-c2ccc(C(=O)NCCCC)cc21. The molecule has 146 valence electrons. The van der Waals surface area contributed by atoms with Crippen molar-refractivity contribution >= 4 is 17.4 Å². The van der Waals surface area contributed by atoms with Crippen LogP contribution in [-0.2, 0) is 0 Å². The number of carbonyl (C=O) groups excluding carboxylic acids is 2. The summed E-state index contributed by atoms with van der Waals surface area (Å²) in [5, 5.41) is 5.91. The smallest absolute Gasteiger partial charge is 0.251 e. The molecule has 4 heteroatoms. The summed E-state index contributed by atoms with van der Waals surface area (Å²) in [7, 11) is 0. The van der Waals surface area contributed by atoms with Crippen molar-refractivity contribution in [1.82, 2.24) is 10.6 Å². The van der Waals surface area contributed by atoms with Gasteiger partial charge in [-0.3, -0.25) is 9.59 Å². The van der Waals surface area contributed by atoms with E-state index in [1.807, 2.05) is 36.4 Å². The van der Waals surface area contributed by atoms with E-state index < -0.39 is 0 Å². The zero-order valence-electron chi connectivity index (χ0n) is 16.7. The summed E-state index contributed by atoms with van der Waals surface area (Å²) in [6, 6.07) is 11.5. The Labute approximate surface area is 167 Å². The van der Waals surface area contributed by atoms with Gasteiger partial charge in [0.15, 0.2) is 0 Å². The molecule has 0 heterocycles. The van der Waals surface area contributed by atoms with Crippen LogP contribution in [0.5, 0.6) is 0 Å². The van der Waals surface area contributed by atoms with E-state index in [0.29, 0.717) is 24.2 Å². The van der Waals surface area contributed by atoms with Gasteiger partial charge in [-0.25, -0.2) is 0 Å². The van der Waals surface area contributed by atoms with E-state index in [4.69, 9.17) is 0 Å². The third kappa shape index (κ3) is 4.01. The molecule has 1 aliphatic carbocycles. The summed E-state index contributed by atoms with van der Waals surface area (Å²) in [4.78, 5) is 24.7. The lowest BCUT2D eigenvalue weighted by molar-refractivity contribution is 0.0945. The molecule has 0 unspecified atom stereocenters. The molecule has 3 rings (SSSR count). The number of carbonyl (C=O) groups is 2. The van der Waals surface area contributed by atoms with E-state index >= 15 is 0 Å². The van der Waals surface area contributed by atoms with E-state index in [9.17, 15) is 9.59 Å². The maximum absolute atomic E-state index is 12.4. The summed E-state index contributed by atoms with van der Waals surface area (Å²) >= 11 is 0. The molecule has 0 radical (unpaired) electrons. The summed E-state index contributed by atoms with van der Waals surface area (Å²) in [6.07, 6.45) is 4.03. The van der Waals surface area contributed by atoms with E-state index in [-0.39, 0.29) is 11.8 Å². The lowest BCUT2D eigenvalue weighted by Gasteiger charge is -2.07. The molecule has 0 atom stereocenters. The number of amides is 2. The molecule has 0 bridgehead atoms. The maximum Gasteiger partial charge on any atom is 0.251 e. The standard InChI is InChI=1S/C24H28N2O2/c1-4-6-12-25-23(27)17-8-10-19-20-11-9-18(24(28)26-13-7-5-2)15-22(20)16(3)21(19)14-17/h8-11,14-15H,3-7,12-13H2,1-2H3,(H,25,27)(H,26,28). The minimum absolute atomic E-state index is 0.0593. The largest absolute Gasteiger partial charge is 0.352 e. The van der Waals surface area contributed by atoms with E-state index in [1.54, 1.807) is 0 Å². The molecule has 0 fully saturated rings. The van der Waals surface area contributed by atoms with Crippen molar-refractivity contribution in [3.63, 3.8) is 0 Å². The van der Waals surface area contributed by atoms with Crippen molar-refractivity contribution in [1.29, 1.82) is 0 Å². The fourth-order valence-corrected chi connectivity index (χ4v) is 3.45. The molecule has 0 saturated heterocycles. The third-order valence-corrected chi connectivity index (χ3v) is 5.14. The molecule has 28 heavy (non-hydrogen) atoms. The molecule has 0 saturated carbocycles. The molecule has 1 aliphatic rings. The molecule has 0 aliphatic heterocycles. The van der Waals surface area contributed by atoms with Crippen LogP contribution in [0, 0.1) is 0 Å². The number of hydrogen-bond donors (Lipinski definition) is 2. The average molecular weight is 377 g/mol. The second-order valence-electron chi connectivity index (χ2n) is 7.22. The summed E-state index contributed by atoms with van der Waals surface area (Å²) in [5.41, 5.74) is 6.17. The third-order valence-electron chi connectivity index (χ3n) is 5.14. The van der Waals surface area contributed by atoms with Crippen molar-refractivity contribution < 1.29 is 9.59 Å². The zero-order valence-corrected chi connectivity index (χ0v) is 16.7. The number of nitrogens with one attached hydrogen (secondary N) is 2. The minimum atomic E-state index is -0.0593. The minimum Gasteiger partial charge on any atom is -0.352 e. The van der Waals surface area contributed by atoms with Gasteiger partial charge in [-0.05, 0) is 64.9 Å². The Kier molecular flexibility index (Phi) is 6.30. The van der Waals surface area contributed by atoms with Crippen LogP contribution in [0.3, 0.4) is 0 Å². The Morgan fingerprint density at radius 3 is 1.57 bits per heavy atom. The van der Waals surface area contributed by atoms with Crippen molar-refractivity contribution in [2.45, 2.75) is 39.5 Å². The van der Waals surface area contributed by atoms with Gasteiger partial charge >= 0.3 is 0 Å². The van der Waals surface area contributed by atoms with Gasteiger partial charge in [-0.1, -0.05) is 45.4 Å². The topological polar surface area (TPSA) is 58.2 Å². The molecule has 2 amide bonds. The second kappa shape index (κ2) is 8.87. The van der Waals surface area contributed by atoms with Gasteiger partial charge in [0, 0.05) is 24.2 Å². The second-order valence-corrected chi connectivity index (χ2v) is 7.22. The normalized spacial score (nSPS) is 11.7.